The van der Waals surface area contributed by atoms with Gasteiger partial charge in [0, 0.05) is 23.4 Å². The van der Waals surface area contributed by atoms with E-state index in [0.29, 0.717) is 39.4 Å². The smallest absolute Gasteiger partial charge is 0.324 e. The quantitative estimate of drug-likeness (QED) is 0.0839. The van der Waals surface area contributed by atoms with Crippen LogP contribution in [-0.2, 0) is 24.5 Å². The standard InChI is InChI=1S/C52H45N3O8/c1-61-39-25-22-33(23-26-39)20-21-34-24-27-42-41(30-34)52(51(60)54-42)44(49(58)53-32-43(57)35-12-5-2-6-13-35)46-50(59)63-47(37-16-9-4-10-17-37)45(36-14-7-3-8-15-36)55(46)48(52)38-18-11-19-40(31-38)62-29-28-56/h2-19,22-27,30-31,43-48,56-57H,28-29,32H2,1H3,(H,53,58)(H,54,60). The van der Waals surface area contributed by atoms with E-state index in [1.807, 2.05) is 114 Å². The minimum absolute atomic E-state index is 0.0228. The largest absolute Gasteiger partial charge is 0.497 e. The molecule has 1 spiro atoms. The molecule has 0 saturated carbocycles. The van der Waals surface area contributed by atoms with Gasteiger partial charge in [0.05, 0.1) is 37.8 Å². The number of rotatable bonds is 11. The zero-order valence-electron chi connectivity index (χ0n) is 34.4. The fourth-order valence-electron chi connectivity index (χ4n) is 9.53. The van der Waals surface area contributed by atoms with Crippen LogP contribution >= 0.6 is 0 Å². The van der Waals surface area contributed by atoms with E-state index in [4.69, 9.17) is 14.2 Å². The number of cyclic esters (lactones) is 1. The molecular formula is C52H45N3O8. The molecule has 316 valence electrons. The Kier molecular flexibility index (Phi) is 11.5. The summed E-state index contributed by atoms with van der Waals surface area (Å²) in [6, 6.07) is 45.1. The maximum Gasteiger partial charge on any atom is 0.324 e. The number of methoxy groups -OCH3 is 1. The molecule has 2 amide bonds. The average molecular weight is 840 g/mol. The zero-order chi connectivity index (χ0) is 43.5. The lowest BCUT2D eigenvalue weighted by molar-refractivity contribution is -0.178. The number of benzene rings is 6. The van der Waals surface area contributed by atoms with Crippen LogP contribution in [0, 0.1) is 17.8 Å². The number of aliphatic hydroxyl groups excluding tert-OH is 2. The summed E-state index contributed by atoms with van der Waals surface area (Å²) in [7, 11) is 1.60. The molecule has 2 fully saturated rings. The van der Waals surface area contributed by atoms with Gasteiger partial charge in [-0.1, -0.05) is 115 Å². The third kappa shape index (κ3) is 7.59. The second kappa shape index (κ2) is 17.6. The summed E-state index contributed by atoms with van der Waals surface area (Å²) in [4.78, 5) is 48.0. The molecule has 0 aliphatic carbocycles. The molecule has 11 heteroatoms. The number of amides is 2. The minimum atomic E-state index is -1.78. The lowest BCUT2D eigenvalue weighted by atomic mass is 9.65. The van der Waals surface area contributed by atoms with Gasteiger partial charge in [-0.3, -0.25) is 19.3 Å². The lowest BCUT2D eigenvalue weighted by Gasteiger charge is -2.46. The van der Waals surface area contributed by atoms with Crippen LogP contribution in [0.15, 0.2) is 158 Å². The minimum Gasteiger partial charge on any atom is -0.497 e. The van der Waals surface area contributed by atoms with E-state index < -0.39 is 59.5 Å². The Hall–Kier alpha value is -7.23. The molecule has 0 aromatic heterocycles. The van der Waals surface area contributed by atoms with Crippen molar-refractivity contribution < 1.29 is 38.8 Å². The van der Waals surface area contributed by atoms with Crippen LogP contribution < -0.4 is 20.1 Å². The molecule has 3 aliphatic heterocycles. The molecule has 6 aromatic rings. The van der Waals surface area contributed by atoms with Crippen molar-refractivity contribution in [2.75, 3.05) is 32.2 Å². The van der Waals surface area contributed by atoms with Gasteiger partial charge in [0.15, 0.2) is 0 Å². The highest BCUT2D eigenvalue weighted by atomic mass is 16.6. The monoisotopic (exact) mass is 839 g/mol. The molecular weight excluding hydrogens is 795 g/mol. The molecule has 7 atom stereocenters. The summed E-state index contributed by atoms with van der Waals surface area (Å²) >= 11 is 0. The van der Waals surface area contributed by atoms with Gasteiger partial charge < -0.3 is 35.1 Å². The number of hydrogen-bond donors (Lipinski definition) is 4. The summed E-state index contributed by atoms with van der Waals surface area (Å²) in [5.41, 5.74) is 3.20. The summed E-state index contributed by atoms with van der Waals surface area (Å²) in [5, 5.41) is 27.1. The Morgan fingerprint density at radius 3 is 2.13 bits per heavy atom. The highest BCUT2D eigenvalue weighted by Gasteiger charge is 2.74. The van der Waals surface area contributed by atoms with Crippen molar-refractivity contribution in [3.8, 4) is 23.3 Å². The number of nitrogens with zero attached hydrogens (tertiary/aromatic N) is 1. The number of ether oxygens (including phenoxy) is 3. The zero-order valence-corrected chi connectivity index (χ0v) is 34.4. The Morgan fingerprint density at radius 2 is 1.43 bits per heavy atom. The van der Waals surface area contributed by atoms with Crippen molar-refractivity contribution in [3.05, 3.63) is 197 Å². The summed E-state index contributed by atoms with van der Waals surface area (Å²) < 4.78 is 17.8. The van der Waals surface area contributed by atoms with E-state index in [2.05, 4.69) is 22.5 Å². The molecule has 9 rings (SSSR count). The second-order valence-electron chi connectivity index (χ2n) is 15.8. The first kappa shape index (κ1) is 41.1. The van der Waals surface area contributed by atoms with E-state index in [0.717, 1.165) is 16.7 Å². The van der Waals surface area contributed by atoms with Crippen LogP contribution in [0.4, 0.5) is 5.69 Å². The van der Waals surface area contributed by atoms with Crippen molar-refractivity contribution in [1.29, 1.82) is 0 Å². The Bertz CT molecular complexity index is 2690. The van der Waals surface area contributed by atoms with Gasteiger partial charge in [-0.15, -0.1) is 0 Å². The fourth-order valence-corrected chi connectivity index (χ4v) is 9.53. The number of carbonyl (C=O) groups excluding carboxylic acids is 3. The third-order valence-electron chi connectivity index (χ3n) is 12.2. The predicted octanol–water partition coefficient (Wildman–Crippen LogP) is 6.59. The molecule has 0 bridgehead atoms. The van der Waals surface area contributed by atoms with Gasteiger partial charge in [0.2, 0.25) is 11.8 Å². The number of anilines is 1. The van der Waals surface area contributed by atoms with Crippen LogP contribution in [0.5, 0.6) is 11.5 Å². The fraction of sp³-hybridized carbons (Fsp3) is 0.212. The summed E-state index contributed by atoms with van der Waals surface area (Å²) in [6.45, 7) is -0.391. The maximum absolute atomic E-state index is 15.5. The van der Waals surface area contributed by atoms with Gasteiger partial charge in [-0.2, -0.15) is 0 Å². The van der Waals surface area contributed by atoms with Crippen molar-refractivity contribution in [1.82, 2.24) is 10.2 Å². The third-order valence-corrected chi connectivity index (χ3v) is 12.2. The van der Waals surface area contributed by atoms with Crippen molar-refractivity contribution in [3.63, 3.8) is 0 Å². The highest BCUT2D eigenvalue weighted by Crippen LogP contribution is 2.65. The number of nitrogens with one attached hydrogen (secondary N) is 2. The predicted molar refractivity (Wildman–Crippen MR) is 235 cm³/mol. The van der Waals surface area contributed by atoms with Gasteiger partial charge in [0.25, 0.3) is 0 Å². The number of aliphatic hydroxyl groups is 2. The number of fused-ring (bicyclic) bond motifs is 3. The molecule has 3 heterocycles. The first-order valence-electron chi connectivity index (χ1n) is 20.9. The van der Waals surface area contributed by atoms with Crippen LogP contribution in [0.3, 0.4) is 0 Å². The molecule has 2 saturated heterocycles. The maximum atomic E-state index is 15.5. The van der Waals surface area contributed by atoms with E-state index >= 15 is 14.4 Å². The van der Waals surface area contributed by atoms with Crippen LogP contribution in [0.25, 0.3) is 0 Å². The van der Waals surface area contributed by atoms with E-state index in [1.165, 1.54) is 0 Å². The Morgan fingerprint density at radius 1 is 0.778 bits per heavy atom. The average Bonchev–Trinajstić information content (AvgIpc) is 3.81. The topological polar surface area (TPSA) is 147 Å². The van der Waals surface area contributed by atoms with Crippen LogP contribution in [-0.4, -0.2) is 65.8 Å². The van der Waals surface area contributed by atoms with E-state index in [-0.39, 0.29) is 19.8 Å². The molecule has 3 aliphatic rings. The lowest BCUT2D eigenvalue weighted by Crippen LogP contribution is -2.55. The SMILES string of the molecule is COc1ccc(C#Cc2ccc3c(c2)C2(C(=O)N3)C(C(=O)NCC(O)c3ccccc3)C3C(=O)OC(c4ccccc4)C(c4ccccc4)N3C2c2cccc(OCCO)c2)cc1. The van der Waals surface area contributed by atoms with Gasteiger partial charge in [-0.25, -0.2) is 0 Å². The first-order valence-corrected chi connectivity index (χ1v) is 20.9. The van der Waals surface area contributed by atoms with Crippen LogP contribution in [0.1, 0.15) is 63.2 Å². The Balaban J connectivity index is 1.28. The van der Waals surface area contributed by atoms with Gasteiger partial charge in [0.1, 0.15) is 35.7 Å². The first-order chi connectivity index (χ1) is 30.8. The molecule has 11 nitrogen and oxygen atoms in total. The highest BCUT2D eigenvalue weighted by molar-refractivity contribution is 6.12. The molecule has 4 N–H and O–H groups in total. The van der Waals surface area contributed by atoms with Gasteiger partial charge in [-0.05, 0) is 82.4 Å². The number of morpholine rings is 1. The molecule has 6 aromatic carbocycles. The van der Waals surface area contributed by atoms with Crippen molar-refractivity contribution in [2.24, 2.45) is 5.92 Å². The number of esters is 1. The Labute approximate surface area is 365 Å². The van der Waals surface area contributed by atoms with Crippen LogP contribution in [0.2, 0.25) is 0 Å². The van der Waals surface area contributed by atoms with Gasteiger partial charge >= 0.3 is 5.97 Å². The molecule has 7 unspecified atom stereocenters. The molecule has 63 heavy (non-hydrogen) atoms. The van der Waals surface area contributed by atoms with E-state index in [1.54, 1.807) is 55.6 Å². The number of carbonyl (C=O) groups is 3. The second-order valence-corrected chi connectivity index (χ2v) is 15.8. The summed E-state index contributed by atoms with van der Waals surface area (Å²) in [6.07, 6.45) is -1.93. The summed E-state index contributed by atoms with van der Waals surface area (Å²) in [5.74, 6) is 4.43. The van der Waals surface area contributed by atoms with E-state index in [9.17, 15) is 10.2 Å². The van der Waals surface area contributed by atoms with Crippen molar-refractivity contribution in [2.45, 2.75) is 35.7 Å². The number of hydrogen-bond acceptors (Lipinski definition) is 9. The normalized spacial score (nSPS) is 22.7. The van der Waals surface area contributed by atoms with Crippen molar-refractivity contribution >= 4 is 23.5 Å². The molecule has 0 radical (unpaired) electrons.